The minimum absolute atomic E-state index is 0.169. The van der Waals surface area contributed by atoms with Crippen molar-refractivity contribution in [3.8, 4) is 11.5 Å². The Balaban J connectivity index is 1.55. The van der Waals surface area contributed by atoms with E-state index in [0.29, 0.717) is 29.6 Å². The molecule has 1 aromatic carbocycles. The lowest BCUT2D eigenvalue weighted by molar-refractivity contribution is 0.365. The van der Waals surface area contributed by atoms with Crippen molar-refractivity contribution < 1.29 is 8.94 Å². The van der Waals surface area contributed by atoms with Crippen LogP contribution in [0.25, 0.3) is 11.5 Å². The first kappa shape index (κ1) is 15.0. The van der Waals surface area contributed by atoms with E-state index in [1.807, 2.05) is 30.3 Å². The van der Waals surface area contributed by atoms with Gasteiger partial charge >= 0.3 is 0 Å². The molecule has 8 nitrogen and oxygen atoms in total. The highest BCUT2D eigenvalue weighted by Crippen LogP contribution is 2.14. The number of aromatic nitrogens is 5. The molecule has 0 N–H and O–H groups in total. The zero-order valence-electron chi connectivity index (χ0n) is 13.1. The van der Waals surface area contributed by atoms with E-state index in [2.05, 4.69) is 20.3 Å². The Labute approximate surface area is 141 Å². The summed E-state index contributed by atoms with van der Waals surface area (Å²) in [5.74, 6) is 1.27. The molecule has 0 saturated carbocycles. The van der Waals surface area contributed by atoms with Crippen LogP contribution in [0.1, 0.15) is 17.3 Å². The quantitative estimate of drug-likeness (QED) is 0.549. The molecule has 0 saturated heterocycles. The maximum atomic E-state index is 12.0. The molecule has 0 spiro atoms. The fourth-order valence-electron chi connectivity index (χ4n) is 2.43. The zero-order valence-corrected chi connectivity index (χ0v) is 13.1. The molecule has 0 aliphatic heterocycles. The van der Waals surface area contributed by atoms with Crippen LogP contribution in [0.2, 0.25) is 0 Å². The van der Waals surface area contributed by atoms with Gasteiger partial charge in [-0.3, -0.25) is 4.79 Å². The second-order valence-electron chi connectivity index (χ2n) is 5.39. The van der Waals surface area contributed by atoms with E-state index in [1.165, 1.54) is 17.0 Å². The number of rotatable bonds is 5. The lowest BCUT2D eigenvalue weighted by atomic mass is 10.1. The van der Waals surface area contributed by atoms with Gasteiger partial charge in [0.1, 0.15) is 6.54 Å². The smallest absolute Gasteiger partial charge is 0.251 e. The van der Waals surface area contributed by atoms with Gasteiger partial charge in [0, 0.05) is 18.7 Å². The van der Waals surface area contributed by atoms with Crippen molar-refractivity contribution >= 4 is 0 Å². The van der Waals surface area contributed by atoms with E-state index >= 15 is 0 Å². The Kier molecular flexibility index (Phi) is 3.91. The van der Waals surface area contributed by atoms with Crippen molar-refractivity contribution in [2.75, 3.05) is 0 Å². The number of pyridine rings is 1. The molecule has 0 fully saturated rings. The molecule has 0 aliphatic carbocycles. The van der Waals surface area contributed by atoms with Gasteiger partial charge in [0.05, 0.1) is 5.56 Å². The van der Waals surface area contributed by atoms with E-state index in [1.54, 1.807) is 12.3 Å². The van der Waals surface area contributed by atoms with Gasteiger partial charge < -0.3 is 13.5 Å². The van der Waals surface area contributed by atoms with Gasteiger partial charge in [0.25, 0.3) is 5.56 Å². The summed E-state index contributed by atoms with van der Waals surface area (Å²) in [5.41, 5.74) is 1.54. The number of nitrogens with zero attached hydrogens (tertiary/aromatic N) is 5. The maximum absolute atomic E-state index is 12.0. The molecule has 3 heterocycles. The predicted octanol–water partition coefficient (Wildman–Crippen LogP) is 1.92. The third-order valence-corrected chi connectivity index (χ3v) is 3.61. The molecule has 0 radical (unpaired) electrons. The van der Waals surface area contributed by atoms with Crippen molar-refractivity contribution in [3.63, 3.8) is 0 Å². The minimum Gasteiger partial charge on any atom is -0.423 e. The summed E-state index contributed by atoms with van der Waals surface area (Å²) in [5, 5.41) is 11.4. The first-order chi connectivity index (χ1) is 12.3. The van der Waals surface area contributed by atoms with E-state index in [0.717, 1.165) is 5.56 Å². The summed E-state index contributed by atoms with van der Waals surface area (Å²) in [7, 11) is 0. The fraction of sp³-hybridized carbons (Fsp3) is 0.118. The highest BCUT2D eigenvalue weighted by atomic mass is 16.5. The van der Waals surface area contributed by atoms with Gasteiger partial charge in [-0.1, -0.05) is 35.5 Å². The van der Waals surface area contributed by atoms with Crippen molar-refractivity contribution in [2.45, 2.75) is 13.0 Å². The summed E-state index contributed by atoms with van der Waals surface area (Å²) in [6.07, 6.45) is 3.43. The van der Waals surface area contributed by atoms with Gasteiger partial charge in [-0.25, -0.2) is 0 Å². The van der Waals surface area contributed by atoms with E-state index < -0.39 is 0 Å². The molecular formula is C17H13N5O3. The summed E-state index contributed by atoms with van der Waals surface area (Å²) in [4.78, 5) is 16.4. The van der Waals surface area contributed by atoms with E-state index in [4.69, 9.17) is 8.94 Å². The van der Waals surface area contributed by atoms with Crippen LogP contribution in [0.5, 0.6) is 0 Å². The van der Waals surface area contributed by atoms with Crippen LogP contribution >= 0.6 is 0 Å². The monoisotopic (exact) mass is 335 g/mol. The Morgan fingerprint density at radius 2 is 1.96 bits per heavy atom. The lowest BCUT2D eigenvalue weighted by Gasteiger charge is -2.03. The van der Waals surface area contributed by atoms with E-state index in [-0.39, 0.29) is 12.1 Å². The standard InChI is InChI=1S/C17H13N5O3/c23-16-7-6-13(17-20-18-11-24-17)9-22(16)10-15-19-14(21-25-15)8-12-4-2-1-3-5-12/h1-7,9,11H,8,10H2. The molecule has 0 unspecified atom stereocenters. The average molecular weight is 335 g/mol. The van der Waals surface area contributed by atoms with Gasteiger partial charge in [0.15, 0.2) is 5.82 Å². The Hall–Kier alpha value is -3.55. The fourth-order valence-corrected chi connectivity index (χ4v) is 2.43. The third kappa shape index (κ3) is 3.37. The Bertz CT molecular complexity index is 1020. The summed E-state index contributed by atoms with van der Waals surface area (Å²) in [6.45, 7) is 0.169. The molecule has 0 atom stereocenters. The molecule has 25 heavy (non-hydrogen) atoms. The largest absolute Gasteiger partial charge is 0.423 e. The topological polar surface area (TPSA) is 99.8 Å². The van der Waals surface area contributed by atoms with Crippen LogP contribution in [0.15, 0.2) is 68.8 Å². The van der Waals surface area contributed by atoms with Gasteiger partial charge in [0.2, 0.25) is 18.2 Å². The van der Waals surface area contributed by atoms with Crippen LogP contribution < -0.4 is 5.56 Å². The van der Waals surface area contributed by atoms with Crippen molar-refractivity contribution in [3.05, 3.63) is 82.7 Å². The van der Waals surface area contributed by atoms with Crippen LogP contribution in [0, 0.1) is 0 Å². The zero-order chi connectivity index (χ0) is 17.1. The highest BCUT2D eigenvalue weighted by molar-refractivity contribution is 5.50. The average Bonchev–Trinajstić information content (AvgIpc) is 3.30. The first-order valence-electron chi connectivity index (χ1n) is 7.60. The SMILES string of the molecule is O=c1ccc(-c2nnco2)cn1Cc1nc(Cc2ccccc2)no1. The lowest BCUT2D eigenvalue weighted by Crippen LogP contribution is -2.19. The highest BCUT2D eigenvalue weighted by Gasteiger charge is 2.11. The molecular weight excluding hydrogens is 322 g/mol. The number of hydrogen-bond donors (Lipinski definition) is 0. The molecule has 3 aromatic heterocycles. The Morgan fingerprint density at radius 3 is 2.76 bits per heavy atom. The van der Waals surface area contributed by atoms with Gasteiger partial charge in [-0.05, 0) is 11.6 Å². The summed E-state index contributed by atoms with van der Waals surface area (Å²) in [6, 6.07) is 12.9. The number of hydrogen-bond acceptors (Lipinski definition) is 7. The van der Waals surface area contributed by atoms with Crippen LogP contribution in [0.4, 0.5) is 0 Å². The van der Waals surface area contributed by atoms with Gasteiger partial charge in [-0.2, -0.15) is 4.98 Å². The normalized spacial score (nSPS) is 10.9. The molecule has 0 aliphatic rings. The molecule has 4 rings (SSSR count). The Morgan fingerprint density at radius 1 is 1.08 bits per heavy atom. The van der Waals surface area contributed by atoms with Crippen molar-refractivity contribution in [1.29, 1.82) is 0 Å². The summed E-state index contributed by atoms with van der Waals surface area (Å²) >= 11 is 0. The van der Waals surface area contributed by atoms with Crippen LogP contribution in [0.3, 0.4) is 0 Å². The third-order valence-electron chi connectivity index (χ3n) is 3.61. The number of benzene rings is 1. The van der Waals surface area contributed by atoms with Crippen molar-refractivity contribution in [1.82, 2.24) is 24.9 Å². The molecule has 4 aromatic rings. The molecule has 0 amide bonds. The van der Waals surface area contributed by atoms with Crippen LogP contribution in [-0.4, -0.2) is 24.9 Å². The van der Waals surface area contributed by atoms with Crippen LogP contribution in [-0.2, 0) is 13.0 Å². The molecule has 8 heteroatoms. The predicted molar refractivity (Wildman–Crippen MR) is 86.6 cm³/mol. The minimum atomic E-state index is -0.189. The van der Waals surface area contributed by atoms with Gasteiger partial charge in [-0.15, -0.1) is 10.2 Å². The van der Waals surface area contributed by atoms with E-state index in [9.17, 15) is 4.79 Å². The first-order valence-corrected chi connectivity index (χ1v) is 7.60. The second-order valence-corrected chi connectivity index (χ2v) is 5.39. The maximum Gasteiger partial charge on any atom is 0.251 e. The van der Waals surface area contributed by atoms with Crippen molar-refractivity contribution in [2.24, 2.45) is 0 Å². The molecule has 0 bridgehead atoms. The molecule has 124 valence electrons. The second kappa shape index (κ2) is 6.52. The summed E-state index contributed by atoms with van der Waals surface area (Å²) < 4.78 is 11.9.